The summed E-state index contributed by atoms with van der Waals surface area (Å²) in [5, 5.41) is 2.78. The van der Waals surface area contributed by atoms with Crippen molar-refractivity contribution in [2.24, 2.45) is 0 Å². The first kappa shape index (κ1) is 19.5. The number of hydrogen-bond acceptors (Lipinski definition) is 3. The predicted molar refractivity (Wildman–Crippen MR) is 104 cm³/mol. The highest BCUT2D eigenvalue weighted by Gasteiger charge is 2.20. The van der Waals surface area contributed by atoms with Gasteiger partial charge in [-0.3, -0.25) is 9.10 Å². The molecule has 0 atom stereocenters. The van der Waals surface area contributed by atoms with Gasteiger partial charge >= 0.3 is 0 Å². The molecule has 0 unspecified atom stereocenters. The maximum atomic E-state index is 12.1. The van der Waals surface area contributed by atoms with Crippen molar-refractivity contribution in [3.63, 3.8) is 0 Å². The molecule has 0 heterocycles. The number of aryl methyl sites for hydroxylation is 1. The number of benzene rings is 2. The van der Waals surface area contributed by atoms with Crippen LogP contribution in [0.3, 0.4) is 0 Å². The lowest BCUT2D eigenvalue weighted by atomic mass is 10.1. The molecular formula is C18H21BrN2O3S. The Balaban J connectivity index is 1.88. The fraction of sp³-hybridized carbons (Fsp3) is 0.278. The first-order valence-electron chi connectivity index (χ1n) is 7.90. The van der Waals surface area contributed by atoms with E-state index in [1.54, 1.807) is 24.3 Å². The van der Waals surface area contributed by atoms with E-state index < -0.39 is 10.0 Å². The molecule has 0 saturated heterocycles. The van der Waals surface area contributed by atoms with Crippen molar-refractivity contribution in [1.82, 2.24) is 5.32 Å². The molecule has 2 aromatic carbocycles. The second kappa shape index (κ2) is 9.01. The number of nitrogens with one attached hydrogen (secondary N) is 1. The molecule has 0 bridgehead atoms. The molecular weight excluding hydrogens is 404 g/mol. The number of amides is 1. The summed E-state index contributed by atoms with van der Waals surface area (Å²) in [7, 11) is -3.54. The average molecular weight is 425 g/mol. The molecule has 0 saturated carbocycles. The van der Waals surface area contributed by atoms with Gasteiger partial charge in [-0.15, -0.1) is 0 Å². The molecule has 1 N–H and O–H groups in total. The lowest BCUT2D eigenvalue weighted by Crippen LogP contribution is -2.40. The number of carbonyl (C=O) groups excluding carboxylic acids is 1. The molecule has 2 aromatic rings. The third kappa shape index (κ3) is 6.51. The van der Waals surface area contributed by atoms with E-state index in [1.165, 1.54) is 5.56 Å². The molecule has 134 valence electrons. The summed E-state index contributed by atoms with van der Waals surface area (Å²) in [5.74, 6) is -0.318. The predicted octanol–water partition coefficient (Wildman–Crippen LogP) is 2.96. The normalized spacial score (nSPS) is 11.1. The summed E-state index contributed by atoms with van der Waals surface area (Å²) in [6, 6.07) is 16.8. The van der Waals surface area contributed by atoms with E-state index in [0.29, 0.717) is 12.2 Å². The van der Waals surface area contributed by atoms with Crippen molar-refractivity contribution in [2.45, 2.75) is 12.8 Å². The minimum atomic E-state index is -3.54. The van der Waals surface area contributed by atoms with Crippen LogP contribution in [0.2, 0.25) is 0 Å². The number of anilines is 1. The number of hydrogen-bond donors (Lipinski definition) is 1. The van der Waals surface area contributed by atoms with E-state index in [4.69, 9.17) is 0 Å². The summed E-state index contributed by atoms with van der Waals surface area (Å²) in [6.45, 7) is 0.275. The lowest BCUT2D eigenvalue weighted by molar-refractivity contribution is -0.119. The Hall–Kier alpha value is -1.86. The topological polar surface area (TPSA) is 66.5 Å². The highest BCUT2D eigenvalue weighted by molar-refractivity contribution is 9.10. The minimum Gasteiger partial charge on any atom is -0.355 e. The third-order valence-corrected chi connectivity index (χ3v) is 5.28. The van der Waals surface area contributed by atoms with Crippen LogP contribution in [0, 0.1) is 0 Å². The molecule has 7 heteroatoms. The van der Waals surface area contributed by atoms with E-state index in [1.807, 2.05) is 30.3 Å². The largest absolute Gasteiger partial charge is 0.355 e. The molecule has 5 nitrogen and oxygen atoms in total. The molecule has 0 aliphatic carbocycles. The first-order valence-corrected chi connectivity index (χ1v) is 10.5. The van der Waals surface area contributed by atoms with Crippen LogP contribution in [-0.4, -0.2) is 33.7 Å². The molecule has 0 fully saturated rings. The summed E-state index contributed by atoms with van der Waals surface area (Å²) < 4.78 is 25.9. The van der Waals surface area contributed by atoms with Gasteiger partial charge in [0, 0.05) is 11.0 Å². The van der Waals surface area contributed by atoms with Crippen molar-refractivity contribution < 1.29 is 13.2 Å². The summed E-state index contributed by atoms with van der Waals surface area (Å²) in [4.78, 5) is 12.1. The van der Waals surface area contributed by atoms with Gasteiger partial charge in [-0.2, -0.15) is 0 Å². The van der Waals surface area contributed by atoms with Gasteiger partial charge in [0.1, 0.15) is 6.54 Å². The van der Waals surface area contributed by atoms with Gasteiger partial charge in [0.15, 0.2) is 0 Å². The molecule has 0 radical (unpaired) electrons. The SMILES string of the molecule is CS(=O)(=O)N(CC(=O)NCCCc1ccccc1)c1ccc(Br)cc1. The van der Waals surface area contributed by atoms with Crippen molar-refractivity contribution in [1.29, 1.82) is 0 Å². The van der Waals surface area contributed by atoms with E-state index in [2.05, 4.69) is 21.2 Å². The van der Waals surface area contributed by atoms with Crippen molar-refractivity contribution in [3.05, 3.63) is 64.6 Å². The standard InChI is InChI=1S/C18H21BrN2O3S/c1-25(23,24)21(17-11-9-16(19)10-12-17)14-18(22)20-13-5-8-15-6-3-2-4-7-15/h2-4,6-7,9-12H,5,8,13-14H2,1H3,(H,20,22). The Bertz CT molecular complexity index is 793. The van der Waals surface area contributed by atoms with Crippen LogP contribution in [0.5, 0.6) is 0 Å². The average Bonchev–Trinajstić information content (AvgIpc) is 2.57. The van der Waals surface area contributed by atoms with Crippen LogP contribution in [0.15, 0.2) is 59.1 Å². The van der Waals surface area contributed by atoms with Crippen LogP contribution in [-0.2, 0) is 21.2 Å². The van der Waals surface area contributed by atoms with E-state index >= 15 is 0 Å². The van der Waals surface area contributed by atoms with E-state index in [9.17, 15) is 13.2 Å². The van der Waals surface area contributed by atoms with Gasteiger partial charge in [0.05, 0.1) is 11.9 Å². The van der Waals surface area contributed by atoms with Crippen molar-refractivity contribution in [3.8, 4) is 0 Å². The Morgan fingerprint density at radius 3 is 2.32 bits per heavy atom. The number of carbonyl (C=O) groups is 1. The van der Waals surface area contributed by atoms with Gasteiger partial charge in [-0.1, -0.05) is 46.3 Å². The zero-order valence-electron chi connectivity index (χ0n) is 14.0. The van der Waals surface area contributed by atoms with Crippen LogP contribution in [0.4, 0.5) is 5.69 Å². The fourth-order valence-corrected chi connectivity index (χ4v) is 3.48. The molecule has 0 aliphatic rings. The lowest BCUT2D eigenvalue weighted by Gasteiger charge is -2.22. The second-order valence-corrected chi connectivity index (χ2v) is 8.51. The van der Waals surface area contributed by atoms with Gasteiger partial charge in [-0.05, 0) is 42.7 Å². The molecule has 0 aromatic heterocycles. The van der Waals surface area contributed by atoms with Crippen LogP contribution in [0.1, 0.15) is 12.0 Å². The van der Waals surface area contributed by atoms with Crippen LogP contribution in [0.25, 0.3) is 0 Å². The minimum absolute atomic E-state index is 0.230. The molecule has 0 spiro atoms. The third-order valence-electron chi connectivity index (χ3n) is 3.61. The van der Waals surface area contributed by atoms with Gasteiger partial charge in [0.2, 0.25) is 15.9 Å². The first-order chi connectivity index (χ1) is 11.9. The van der Waals surface area contributed by atoms with Crippen LogP contribution >= 0.6 is 15.9 Å². The molecule has 25 heavy (non-hydrogen) atoms. The molecule has 2 rings (SSSR count). The van der Waals surface area contributed by atoms with Gasteiger partial charge < -0.3 is 5.32 Å². The monoisotopic (exact) mass is 424 g/mol. The van der Waals surface area contributed by atoms with Crippen molar-refractivity contribution >= 4 is 37.5 Å². The zero-order chi connectivity index (χ0) is 18.3. The maximum absolute atomic E-state index is 12.1. The quantitative estimate of drug-likeness (QED) is 0.662. The Morgan fingerprint density at radius 1 is 1.08 bits per heavy atom. The number of rotatable bonds is 8. The fourth-order valence-electron chi connectivity index (χ4n) is 2.36. The number of halogens is 1. The zero-order valence-corrected chi connectivity index (χ0v) is 16.4. The van der Waals surface area contributed by atoms with Crippen molar-refractivity contribution in [2.75, 3.05) is 23.7 Å². The number of sulfonamides is 1. The second-order valence-electron chi connectivity index (χ2n) is 5.69. The van der Waals surface area contributed by atoms with E-state index in [-0.39, 0.29) is 12.5 Å². The Labute approximate surface area is 157 Å². The Morgan fingerprint density at radius 2 is 1.72 bits per heavy atom. The van der Waals surface area contributed by atoms with E-state index in [0.717, 1.165) is 27.9 Å². The Kier molecular flexibility index (Phi) is 7.01. The summed E-state index contributed by atoms with van der Waals surface area (Å²) >= 11 is 3.31. The van der Waals surface area contributed by atoms with Gasteiger partial charge in [0.25, 0.3) is 0 Å². The molecule has 1 amide bonds. The highest BCUT2D eigenvalue weighted by atomic mass is 79.9. The van der Waals surface area contributed by atoms with Crippen LogP contribution < -0.4 is 9.62 Å². The summed E-state index contributed by atoms with van der Waals surface area (Å²) in [6.07, 6.45) is 2.76. The highest BCUT2D eigenvalue weighted by Crippen LogP contribution is 2.20. The summed E-state index contributed by atoms with van der Waals surface area (Å²) in [5.41, 5.74) is 1.68. The van der Waals surface area contributed by atoms with Gasteiger partial charge in [-0.25, -0.2) is 8.42 Å². The molecule has 0 aliphatic heterocycles. The maximum Gasteiger partial charge on any atom is 0.240 e. The smallest absolute Gasteiger partial charge is 0.240 e. The number of nitrogens with zero attached hydrogens (tertiary/aromatic N) is 1.